The largest absolute Gasteiger partial charge is 0.394 e. The second-order valence-corrected chi connectivity index (χ2v) is 13.0. The monoisotopic (exact) mass is 618 g/mol. The third-order valence-corrected chi connectivity index (χ3v) is 8.60. The summed E-state index contributed by atoms with van der Waals surface area (Å²) in [6.07, 6.45) is 46.6. The van der Waals surface area contributed by atoms with Gasteiger partial charge in [-0.05, 0) is 44.9 Å². The van der Waals surface area contributed by atoms with Gasteiger partial charge in [-0.3, -0.25) is 4.79 Å². The molecule has 0 heterocycles. The topological polar surface area (TPSA) is 69.6 Å². The van der Waals surface area contributed by atoms with Crippen molar-refractivity contribution in [3.05, 3.63) is 36.5 Å². The Labute approximate surface area is 274 Å². The van der Waals surface area contributed by atoms with Crippen LogP contribution in [0.5, 0.6) is 0 Å². The Bertz CT molecular complexity index is 672. The molecule has 0 bridgehead atoms. The minimum absolute atomic E-state index is 0.0778. The van der Waals surface area contributed by atoms with E-state index in [9.17, 15) is 15.0 Å². The number of hydrogen-bond donors (Lipinski definition) is 3. The zero-order chi connectivity index (χ0) is 32.2. The molecule has 0 spiro atoms. The maximum Gasteiger partial charge on any atom is 0.220 e. The molecule has 44 heavy (non-hydrogen) atoms. The Balaban J connectivity index is 3.66. The lowest BCUT2D eigenvalue weighted by Crippen LogP contribution is -2.45. The Morgan fingerprint density at radius 3 is 1.32 bits per heavy atom. The van der Waals surface area contributed by atoms with Gasteiger partial charge in [0.15, 0.2) is 0 Å². The molecule has 258 valence electrons. The van der Waals surface area contributed by atoms with E-state index in [1.165, 1.54) is 135 Å². The highest BCUT2D eigenvalue weighted by atomic mass is 16.3. The van der Waals surface area contributed by atoms with Crippen molar-refractivity contribution >= 4 is 5.91 Å². The number of carbonyl (C=O) groups is 1. The molecule has 1 amide bonds. The number of nitrogens with one attached hydrogen (secondary N) is 1. The van der Waals surface area contributed by atoms with E-state index in [1.54, 1.807) is 6.08 Å². The minimum Gasteiger partial charge on any atom is -0.394 e. The molecule has 2 unspecified atom stereocenters. The maximum atomic E-state index is 12.3. The molecular formula is C40H75NO3. The van der Waals surface area contributed by atoms with Crippen molar-refractivity contribution < 1.29 is 15.0 Å². The fourth-order valence-electron chi connectivity index (χ4n) is 5.62. The van der Waals surface area contributed by atoms with Gasteiger partial charge in [0, 0.05) is 6.42 Å². The first-order valence-electron chi connectivity index (χ1n) is 19.2. The number of amides is 1. The van der Waals surface area contributed by atoms with Crippen LogP contribution in [0.1, 0.15) is 194 Å². The number of hydrogen-bond acceptors (Lipinski definition) is 3. The lowest BCUT2D eigenvalue weighted by Gasteiger charge is -2.19. The molecule has 4 heteroatoms. The third kappa shape index (κ3) is 32.0. The highest BCUT2D eigenvalue weighted by molar-refractivity contribution is 5.76. The summed E-state index contributed by atoms with van der Waals surface area (Å²) in [7, 11) is 0. The zero-order valence-corrected chi connectivity index (χ0v) is 29.4. The van der Waals surface area contributed by atoms with E-state index in [1.807, 2.05) is 6.08 Å². The summed E-state index contributed by atoms with van der Waals surface area (Å²) < 4.78 is 0. The molecule has 0 fully saturated rings. The molecule has 2 atom stereocenters. The number of rotatable bonds is 34. The van der Waals surface area contributed by atoms with Gasteiger partial charge in [0.2, 0.25) is 5.91 Å². The molecule has 0 aliphatic carbocycles. The first kappa shape index (κ1) is 42.6. The zero-order valence-electron chi connectivity index (χ0n) is 29.4. The number of aliphatic hydroxyl groups excluding tert-OH is 2. The third-order valence-electron chi connectivity index (χ3n) is 8.60. The van der Waals surface area contributed by atoms with Gasteiger partial charge in [0.05, 0.1) is 18.8 Å². The van der Waals surface area contributed by atoms with Crippen LogP contribution >= 0.6 is 0 Å². The molecule has 0 aromatic rings. The van der Waals surface area contributed by atoms with Crippen LogP contribution in [0.4, 0.5) is 0 Å². The molecule has 0 aliphatic heterocycles. The van der Waals surface area contributed by atoms with Crippen LogP contribution in [0.15, 0.2) is 36.5 Å². The Hall–Kier alpha value is -1.39. The van der Waals surface area contributed by atoms with Gasteiger partial charge >= 0.3 is 0 Å². The molecule has 0 radical (unpaired) electrons. The van der Waals surface area contributed by atoms with Gasteiger partial charge in [0.1, 0.15) is 0 Å². The fourth-order valence-corrected chi connectivity index (χ4v) is 5.62. The highest BCUT2D eigenvalue weighted by Crippen LogP contribution is 2.14. The first-order chi connectivity index (χ1) is 21.7. The van der Waals surface area contributed by atoms with Crippen LogP contribution in [-0.4, -0.2) is 34.9 Å². The van der Waals surface area contributed by atoms with Crippen molar-refractivity contribution in [1.82, 2.24) is 5.32 Å². The number of carbonyl (C=O) groups excluding carboxylic acids is 1. The average Bonchev–Trinajstić information content (AvgIpc) is 3.03. The van der Waals surface area contributed by atoms with Crippen molar-refractivity contribution in [3.63, 3.8) is 0 Å². The summed E-state index contributed by atoms with van der Waals surface area (Å²) in [4.78, 5) is 12.3. The van der Waals surface area contributed by atoms with Crippen LogP contribution in [-0.2, 0) is 4.79 Å². The van der Waals surface area contributed by atoms with Crippen molar-refractivity contribution in [1.29, 1.82) is 0 Å². The normalized spacial score (nSPS) is 13.5. The van der Waals surface area contributed by atoms with E-state index in [-0.39, 0.29) is 12.5 Å². The van der Waals surface area contributed by atoms with E-state index >= 15 is 0 Å². The molecule has 4 nitrogen and oxygen atoms in total. The van der Waals surface area contributed by atoms with E-state index < -0.39 is 12.1 Å². The second kappa shape index (κ2) is 36.1. The van der Waals surface area contributed by atoms with E-state index in [2.05, 4.69) is 43.5 Å². The summed E-state index contributed by atoms with van der Waals surface area (Å²) in [5.74, 6) is -0.0778. The number of unbranched alkanes of at least 4 members (excludes halogenated alkanes) is 23. The number of allylic oxidation sites excluding steroid dienone is 5. The van der Waals surface area contributed by atoms with E-state index in [0.29, 0.717) is 6.42 Å². The molecular weight excluding hydrogens is 542 g/mol. The summed E-state index contributed by atoms with van der Waals surface area (Å²) in [6.45, 7) is 4.27. The lowest BCUT2D eigenvalue weighted by atomic mass is 10.0. The SMILES string of the molecule is CCCCCCC/C=C/CC/C=C/CC/C=C/C(O)C(CO)NC(=O)CCCCCCCCCCCCCCCCCCC. The maximum absolute atomic E-state index is 12.3. The predicted molar refractivity (Wildman–Crippen MR) is 193 cm³/mol. The molecule has 0 saturated heterocycles. The molecule has 0 aromatic heterocycles. The van der Waals surface area contributed by atoms with Crippen LogP contribution in [0.25, 0.3) is 0 Å². The van der Waals surface area contributed by atoms with Gasteiger partial charge in [-0.2, -0.15) is 0 Å². The molecule has 0 aromatic carbocycles. The van der Waals surface area contributed by atoms with Crippen molar-refractivity contribution in [2.24, 2.45) is 0 Å². The molecule has 0 aliphatic rings. The quantitative estimate of drug-likeness (QED) is 0.0497. The van der Waals surface area contributed by atoms with E-state index in [0.717, 1.165) is 38.5 Å². The Kier molecular flexibility index (Phi) is 34.9. The van der Waals surface area contributed by atoms with Gasteiger partial charge in [-0.1, -0.05) is 179 Å². The van der Waals surface area contributed by atoms with Crippen molar-refractivity contribution in [3.8, 4) is 0 Å². The Morgan fingerprint density at radius 2 is 0.886 bits per heavy atom. The van der Waals surface area contributed by atoms with Gasteiger partial charge in [-0.25, -0.2) is 0 Å². The van der Waals surface area contributed by atoms with Crippen LogP contribution in [0.3, 0.4) is 0 Å². The van der Waals surface area contributed by atoms with Gasteiger partial charge in [0.25, 0.3) is 0 Å². The van der Waals surface area contributed by atoms with Crippen LogP contribution in [0.2, 0.25) is 0 Å². The predicted octanol–water partition coefficient (Wildman–Crippen LogP) is 11.5. The summed E-state index contributed by atoms with van der Waals surface area (Å²) in [5, 5.41) is 22.9. The van der Waals surface area contributed by atoms with Crippen molar-refractivity contribution in [2.45, 2.75) is 206 Å². The minimum atomic E-state index is -0.865. The summed E-state index contributed by atoms with van der Waals surface area (Å²) in [6, 6.07) is -0.640. The smallest absolute Gasteiger partial charge is 0.220 e. The molecule has 0 rings (SSSR count). The lowest BCUT2D eigenvalue weighted by molar-refractivity contribution is -0.123. The standard InChI is InChI=1S/C40H75NO3/c1-3-5-7-9-11-13-15-17-19-20-22-24-26-28-30-32-34-36-40(44)41-38(37-42)39(43)35-33-31-29-27-25-23-21-18-16-14-12-10-8-6-4-2/h16,18,25,27,33,35,38-39,42-43H,3-15,17,19-24,26,28-32,34,36-37H2,1-2H3,(H,41,44)/b18-16+,27-25+,35-33+. The van der Waals surface area contributed by atoms with Crippen LogP contribution < -0.4 is 5.32 Å². The molecule has 0 saturated carbocycles. The average molecular weight is 618 g/mol. The van der Waals surface area contributed by atoms with Gasteiger partial charge < -0.3 is 15.5 Å². The van der Waals surface area contributed by atoms with Crippen molar-refractivity contribution in [2.75, 3.05) is 6.61 Å². The van der Waals surface area contributed by atoms with Crippen LogP contribution in [0, 0.1) is 0 Å². The van der Waals surface area contributed by atoms with Gasteiger partial charge in [-0.15, -0.1) is 0 Å². The first-order valence-corrected chi connectivity index (χ1v) is 19.2. The Morgan fingerprint density at radius 1 is 0.523 bits per heavy atom. The summed E-state index contributed by atoms with van der Waals surface area (Å²) >= 11 is 0. The highest BCUT2D eigenvalue weighted by Gasteiger charge is 2.17. The fraction of sp³-hybridized carbons (Fsp3) is 0.825. The molecule has 3 N–H and O–H groups in total. The number of aliphatic hydroxyl groups is 2. The second-order valence-electron chi connectivity index (χ2n) is 13.0. The van der Waals surface area contributed by atoms with E-state index in [4.69, 9.17) is 0 Å². The summed E-state index contributed by atoms with van der Waals surface area (Å²) in [5.41, 5.74) is 0.